The van der Waals surface area contributed by atoms with Gasteiger partial charge in [-0.1, -0.05) is 5.92 Å². The molecular weight excluding hydrogens is 164 g/mol. The molecule has 0 aliphatic rings. The van der Waals surface area contributed by atoms with Crippen LogP contribution in [-0.2, 0) is 0 Å². The van der Waals surface area contributed by atoms with Gasteiger partial charge in [-0.3, -0.25) is 0 Å². The highest BCUT2D eigenvalue weighted by Gasteiger charge is 1.96. The molecule has 0 aromatic carbocycles. The van der Waals surface area contributed by atoms with Gasteiger partial charge in [0.1, 0.15) is 12.7 Å². The van der Waals surface area contributed by atoms with E-state index >= 15 is 0 Å². The molecule has 2 aromatic rings. The molecule has 0 unspecified atom stereocenters. The van der Waals surface area contributed by atoms with Crippen molar-refractivity contribution in [3.8, 4) is 18.2 Å². The van der Waals surface area contributed by atoms with Gasteiger partial charge >= 0.3 is 0 Å². The zero-order chi connectivity index (χ0) is 9.10. The molecule has 0 radical (unpaired) electrons. The number of pyridine rings is 1. The van der Waals surface area contributed by atoms with Crippen molar-refractivity contribution in [2.45, 2.75) is 0 Å². The highest BCUT2D eigenvalue weighted by atomic mass is 15.3. The number of hydrogen-bond acceptors (Lipinski definition) is 3. The fourth-order valence-corrected chi connectivity index (χ4v) is 0.933. The number of hydrogen-bond donors (Lipinski definition) is 0. The molecule has 0 aliphatic carbocycles. The Morgan fingerprint density at radius 2 is 2.31 bits per heavy atom. The number of rotatable bonds is 1. The van der Waals surface area contributed by atoms with E-state index in [0.29, 0.717) is 5.82 Å². The highest BCUT2D eigenvalue weighted by Crippen LogP contribution is 2.01. The third-order valence-electron chi connectivity index (χ3n) is 1.57. The fourth-order valence-electron chi connectivity index (χ4n) is 0.933. The van der Waals surface area contributed by atoms with Crippen molar-refractivity contribution in [2.24, 2.45) is 0 Å². The Kier molecular flexibility index (Phi) is 1.77. The molecule has 0 spiro atoms. The first-order chi connectivity index (χ1) is 6.40. The van der Waals surface area contributed by atoms with Crippen LogP contribution in [0.2, 0.25) is 0 Å². The summed E-state index contributed by atoms with van der Waals surface area (Å²) in [6.07, 6.45) is 9.85. The Morgan fingerprint density at radius 1 is 1.38 bits per heavy atom. The van der Waals surface area contributed by atoms with Gasteiger partial charge < -0.3 is 0 Å². The van der Waals surface area contributed by atoms with Gasteiger partial charge in [0.25, 0.3) is 0 Å². The first-order valence-electron chi connectivity index (χ1n) is 3.68. The van der Waals surface area contributed by atoms with E-state index in [4.69, 9.17) is 6.42 Å². The Bertz CT molecular complexity index is 422. The van der Waals surface area contributed by atoms with E-state index < -0.39 is 0 Å². The second-order valence-corrected chi connectivity index (χ2v) is 2.39. The summed E-state index contributed by atoms with van der Waals surface area (Å²) in [5, 5.41) is 3.93. The van der Waals surface area contributed by atoms with E-state index in [1.807, 2.05) is 6.07 Å². The van der Waals surface area contributed by atoms with E-state index in [1.54, 1.807) is 23.3 Å². The van der Waals surface area contributed by atoms with Gasteiger partial charge in [-0.15, -0.1) is 6.42 Å². The van der Waals surface area contributed by atoms with E-state index in [0.717, 1.165) is 5.56 Å². The highest BCUT2D eigenvalue weighted by molar-refractivity contribution is 5.33. The van der Waals surface area contributed by atoms with Crippen molar-refractivity contribution in [3.63, 3.8) is 0 Å². The quantitative estimate of drug-likeness (QED) is 0.590. The topological polar surface area (TPSA) is 43.6 Å². The van der Waals surface area contributed by atoms with Crippen LogP contribution >= 0.6 is 0 Å². The van der Waals surface area contributed by atoms with E-state index in [-0.39, 0.29) is 0 Å². The Hall–Kier alpha value is -2.15. The van der Waals surface area contributed by atoms with Gasteiger partial charge in [-0.25, -0.2) is 14.6 Å². The van der Waals surface area contributed by atoms with Crippen molar-refractivity contribution in [3.05, 3.63) is 36.5 Å². The molecule has 62 valence electrons. The molecule has 13 heavy (non-hydrogen) atoms. The number of terminal acetylenes is 1. The lowest BCUT2D eigenvalue weighted by Gasteiger charge is -1.97. The molecular formula is C9H6N4. The Morgan fingerprint density at radius 3 is 2.85 bits per heavy atom. The summed E-state index contributed by atoms with van der Waals surface area (Å²) < 4.78 is 1.57. The molecule has 2 aromatic heterocycles. The van der Waals surface area contributed by atoms with Crippen LogP contribution in [0.1, 0.15) is 5.56 Å². The third-order valence-corrected chi connectivity index (χ3v) is 1.57. The summed E-state index contributed by atoms with van der Waals surface area (Å²) in [5.74, 6) is 3.20. The van der Waals surface area contributed by atoms with Crippen LogP contribution in [0.3, 0.4) is 0 Å². The summed E-state index contributed by atoms with van der Waals surface area (Å²) in [5.41, 5.74) is 0.754. The molecule has 0 aliphatic heterocycles. The van der Waals surface area contributed by atoms with Gasteiger partial charge in [0.05, 0.1) is 0 Å². The lowest BCUT2D eigenvalue weighted by atomic mass is 10.3. The van der Waals surface area contributed by atoms with Gasteiger partial charge in [0.2, 0.25) is 0 Å². The van der Waals surface area contributed by atoms with Crippen LogP contribution in [0.4, 0.5) is 0 Å². The van der Waals surface area contributed by atoms with Gasteiger partial charge in [0, 0.05) is 11.8 Å². The van der Waals surface area contributed by atoms with Crippen molar-refractivity contribution in [1.29, 1.82) is 0 Å². The molecule has 0 N–H and O–H groups in total. The maximum atomic E-state index is 5.19. The molecule has 0 atom stereocenters. The van der Waals surface area contributed by atoms with Crippen LogP contribution in [0.25, 0.3) is 5.82 Å². The van der Waals surface area contributed by atoms with Crippen LogP contribution < -0.4 is 0 Å². The standard InChI is InChI=1S/C9H6N4/c1-2-8-3-4-9(11-5-8)13-7-10-6-12-13/h1,3-7H. The van der Waals surface area contributed by atoms with Gasteiger partial charge in [0.15, 0.2) is 5.82 Å². The first kappa shape index (κ1) is 7.50. The molecule has 2 rings (SSSR count). The summed E-state index contributed by atoms with van der Waals surface area (Å²) >= 11 is 0. The molecule has 0 saturated carbocycles. The van der Waals surface area contributed by atoms with Crippen molar-refractivity contribution in [2.75, 3.05) is 0 Å². The lowest BCUT2D eigenvalue weighted by Crippen LogP contribution is -1.97. The average Bonchev–Trinajstić information content (AvgIpc) is 2.71. The maximum Gasteiger partial charge on any atom is 0.155 e. The molecule has 0 bridgehead atoms. The summed E-state index contributed by atoms with van der Waals surface area (Å²) in [7, 11) is 0. The fraction of sp³-hybridized carbons (Fsp3) is 0. The molecule has 2 heterocycles. The predicted molar refractivity (Wildman–Crippen MR) is 47.1 cm³/mol. The maximum absolute atomic E-state index is 5.19. The Labute approximate surface area is 75.3 Å². The molecule has 0 saturated heterocycles. The van der Waals surface area contributed by atoms with E-state index in [2.05, 4.69) is 21.0 Å². The van der Waals surface area contributed by atoms with Crippen molar-refractivity contribution >= 4 is 0 Å². The predicted octanol–water partition coefficient (Wildman–Crippen LogP) is 0.644. The van der Waals surface area contributed by atoms with Crippen LogP contribution in [0.5, 0.6) is 0 Å². The van der Waals surface area contributed by atoms with Crippen LogP contribution in [0, 0.1) is 12.3 Å². The second kappa shape index (κ2) is 3.07. The average molecular weight is 170 g/mol. The van der Waals surface area contributed by atoms with Crippen molar-refractivity contribution in [1.82, 2.24) is 19.7 Å². The van der Waals surface area contributed by atoms with E-state index in [1.165, 1.54) is 6.33 Å². The van der Waals surface area contributed by atoms with Gasteiger partial charge in [-0.2, -0.15) is 5.10 Å². The van der Waals surface area contributed by atoms with Crippen molar-refractivity contribution < 1.29 is 0 Å². The van der Waals surface area contributed by atoms with Gasteiger partial charge in [-0.05, 0) is 12.1 Å². The molecule has 0 amide bonds. The minimum Gasteiger partial charge on any atom is -0.236 e. The number of nitrogens with zero attached hydrogens (tertiary/aromatic N) is 4. The zero-order valence-electron chi connectivity index (χ0n) is 6.75. The Balaban J connectivity index is 2.40. The monoisotopic (exact) mass is 170 g/mol. The zero-order valence-corrected chi connectivity index (χ0v) is 6.75. The normalized spacial score (nSPS) is 9.46. The SMILES string of the molecule is C#Cc1ccc(-n2cncn2)nc1. The summed E-state index contributed by atoms with van der Waals surface area (Å²) in [4.78, 5) is 7.92. The third kappa shape index (κ3) is 1.40. The minimum atomic E-state index is 0.705. The second-order valence-electron chi connectivity index (χ2n) is 2.39. The minimum absolute atomic E-state index is 0.705. The first-order valence-corrected chi connectivity index (χ1v) is 3.68. The smallest absolute Gasteiger partial charge is 0.155 e. The largest absolute Gasteiger partial charge is 0.236 e. The number of aromatic nitrogens is 4. The van der Waals surface area contributed by atoms with E-state index in [9.17, 15) is 0 Å². The summed E-state index contributed by atoms with van der Waals surface area (Å²) in [6, 6.07) is 3.61. The lowest BCUT2D eigenvalue weighted by molar-refractivity contribution is 0.845. The molecule has 4 nitrogen and oxygen atoms in total. The van der Waals surface area contributed by atoms with Crippen LogP contribution in [0.15, 0.2) is 31.0 Å². The summed E-state index contributed by atoms with van der Waals surface area (Å²) in [6.45, 7) is 0. The molecule has 4 heteroatoms. The molecule has 0 fully saturated rings. The van der Waals surface area contributed by atoms with Crippen LogP contribution in [-0.4, -0.2) is 19.7 Å².